The van der Waals surface area contributed by atoms with Crippen molar-refractivity contribution in [1.29, 1.82) is 0 Å². The number of benzene rings is 1. The molecular weight excluding hydrogens is 272 g/mol. The van der Waals surface area contributed by atoms with Crippen LogP contribution in [0.4, 0.5) is 5.69 Å². The van der Waals surface area contributed by atoms with E-state index in [0.29, 0.717) is 42.0 Å². The van der Waals surface area contributed by atoms with Crippen LogP contribution in [0.25, 0.3) is 0 Å². The maximum Gasteiger partial charge on any atom is 0.283 e. The highest BCUT2D eigenvalue weighted by atomic mass is 35.5. The molecule has 1 heterocycles. The largest absolute Gasteiger partial charge is 0.378 e. The van der Waals surface area contributed by atoms with E-state index in [4.69, 9.17) is 28.6 Å². The zero-order chi connectivity index (χ0) is 13.0. The summed E-state index contributed by atoms with van der Waals surface area (Å²) in [5, 5.41) is 3.31. The Labute approximate surface area is 116 Å². The molecule has 0 bridgehead atoms. The lowest BCUT2D eigenvalue weighted by molar-refractivity contribution is -0.111. The predicted molar refractivity (Wildman–Crippen MR) is 75.1 cm³/mol. The van der Waals surface area contributed by atoms with E-state index in [2.05, 4.69) is 5.32 Å². The number of halogens is 1. The normalized spacial score (nSPS) is 15.3. The van der Waals surface area contributed by atoms with Crippen molar-refractivity contribution in [2.24, 2.45) is 0 Å². The summed E-state index contributed by atoms with van der Waals surface area (Å²) in [4.78, 5) is 14.1. The number of anilines is 1. The van der Waals surface area contributed by atoms with Crippen LogP contribution in [0.1, 0.15) is 0 Å². The third-order valence-electron chi connectivity index (χ3n) is 2.58. The number of hydrogen-bond donors (Lipinski definition) is 1. The number of thiocarbonyl (C=S) groups is 1. The molecule has 0 aromatic heterocycles. The van der Waals surface area contributed by atoms with E-state index < -0.39 is 0 Å². The number of nitrogens with zero attached hydrogens (tertiary/aromatic N) is 1. The van der Waals surface area contributed by atoms with Gasteiger partial charge in [0.25, 0.3) is 5.91 Å². The monoisotopic (exact) mass is 284 g/mol. The van der Waals surface area contributed by atoms with Crippen molar-refractivity contribution in [3.63, 3.8) is 0 Å². The van der Waals surface area contributed by atoms with Gasteiger partial charge in [-0.3, -0.25) is 4.79 Å². The van der Waals surface area contributed by atoms with Gasteiger partial charge in [0.1, 0.15) is 0 Å². The summed E-state index contributed by atoms with van der Waals surface area (Å²) in [6, 6.07) is 6.97. The quantitative estimate of drug-likeness (QED) is 0.800. The van der Waals surface area contributed by atoms with Crippen LogP contribution in [0.5, 0.6) is 0 Å². The molecule has 1 aromatic carbocycles. The Morgan fingerprint density at radius 3 is 2.78 bits per heavy atom. The molecule has 0 atom stereocenters. The standard InChI is InChI=1S/C12H13ClN2O2S/c13-9-2-1-3-10(8-9)14-11(16)12(18)15-4-6-17-7-5-15/h1-3,8H,4-7H2,(H,14,16). The molecule has 1 fully saturated rings. The number of amides is 1. The number of hydrogen-bond acceptors (Lipinski definition) is 3. The van der Waals surface area contributed by atoms with Gasteiger partial charge in [-0.05, 0) is 18.2 Å². The van der Waals surface area contributed by atoms with E-state index in [9.17, 15) is 4.79 Å². The molecule has 1 aromatic rings. The van der Waals surface area contributed by atoms with Gasteiger partial charge < -0.3 is 15.0 Å². The first-order valence-electron chi connectivity index (χ1n) is 5.60. The van der Waals surface area contributed by atoms with Gasteiger partial charge in [0.05, 0.1) is 13.2 Å². The predicted octanol–water partition coefficient (Wildman–Crippen LogP) is 1.94. The topological polar surface area (TPSA) is 41.6 Å². The van der Waals surface area contributed by atoms with E-state index in [-0.39, 0.29) is 5.91 Å². The van der Waals surface area contributed by atoms with Gasteiger partial charge in [0.2, 0.25) is 0 Å². The van der Waals surface area contributed by atoms with Crippen molar-refractivity contribution in [3.05, 3.63) is 29.3 Å². The average molecular weight is 285 g/mol. The number of carbonyl (C=O) groups is 1. The highest BCUT2D eigenvalue weighted by molar-refractivity contribution is 7.82. The minimum absolute atomic E-state index is 0.283. The molecule has 0 radical (unpaired) electrons. The summed E-state index contributed by atoms with van der Waals surface area (Å²) in [5.41, 5.74) is 0.642. The average Bonchev–Trinajstić information content (AvgIpc) is 2.39. The summed E-state index contributed by atoms with van der Waals surface area (Å²) < 4.78 is 5.21. The van der Waals surface area contributed by atoms with E-state index >= 15 is 0 Å². The maximum absolute atomic E-state index is 11.9. The molecule has 2 rings (SSSR count). The highest BCUT2D eigenvalue weighted by Gasteiger charge is 2.19. The van der Waals surface area contributed by atoms with Crippen molar-refractivity contribution >= 4 is 40.4 Å². The molecule has 1 N–H and O–H groups in total. The summed E-state index contributed by atoms with van der Waals surface area (Å²) in [6.07, 6.45) is 0. The molecule has 18 heavy (non-hydrogen) atoms. The molecule has 1 aliphatic rings. The molecule has 1 saturated heterocycles. The van der Waals surface area contributed by atoms with Crippen LogP contribution in [0, 0.1) is 0 Å². The molecule has 6 heteroatoms. The van der Waals surface area contributed by atoms with Crippen LogP contribution in [0.15, 0.2) is 24.3 Å². The Morgan fingerprint density at radius 2 is 2.11 bits per heavy atom. The van der Waals surface area contributed by atoms with E-state index in [1.807, 2.05) is 4.90 Å². The fourth-order valence-corrected chi connectivity index (χ4v) is 2.08. The lowest BCUT2D eigenvalue weighted by atomic mass is 10.3. The fraction of sp³-hybridized carbons (Fsp3) is 0.333. The second-order valence-corrected chi connectivity index (χ2v) is 4.69. The van der Waals surface area contributed by atoms with Crippen LogP contribution in [-0.4, -0.2) is 42.1 Å². The molecule has 4 nitrogen and oxygen atoms in total. The van der Waals surface area contributed by atoms with Gasteiger partial charge in [-0.25, -0.2) is 0 Å². The van der Waals surface area contributed by atoms with Crippen molar-refractivity contribution in [3.8, 4) is 0 Å². The second kappa shape index (κ2) is 6.13. The number of morpholine rings is 1. The number of nitrogens with one attached hydrogen (secondary N) is 1. The molecule has 0 spiro atoms. The Bertz CT molecular complexity index is 461. The molecule has 0 saturated carbocycles. The third-order valence-corrected chi connectivity index (χ3v) is 3.25. The van der Waals surface area contributed by atoms with E-state index in [1.165, 1.54) is 0 Å². The van der Waals surface area contributed by atoms with Crippen molar-refractivity contribution in [1.82, 2.24) is 4.90 Å². The highest BCUT2D eigenvalue weighted by Crippen LogP contribution is 2.15. The van der Waals surface area contributed by atoms with Crippen LogP contribution in [-0.2, 0) is 9.53 Å². The van der Waals surface area contributed by atoms with Gasteiger partial charge in [-0.2, -0.15) is 0 Å². The van der Waals surface area contributed by atoms with Crippen molar-refractivity contribution in [2.75, 3.05) is 31.6 Å². The summed E-state index contributed by atoms with van der Waals surface area (Å²) in [6.45, 7) is 2.51. The number of rotatable bonds is 1. The lowest BCUT2D eigenvalue weighted by Crippen LogP contribution is -2.44. The second-order valence-electron chi connectivity index (χ2n) is 3.87. The van der Waals surface area contributed by atoms with Gasteiger partial charge in [-0.1, -0.05) is 29.9 Å². The Balaban J connectivity index is 1.96. The number of ether oxygens (including phenoxy) is 1. The molecular formula is C12H13ClN2O2S. The van der Waals surface area contributed by atoms with Crippen LogP contribution in [0.2, 0.25) is 5.02 Å². The zero-order valence-corrected chi connectivity index (χ0v) is 11.3. The van der Waals surface area contributed by atoms with Gasteiger partial charge in [-0.15, -0.1) is 0 Å². The molecule has 96 valence electrons. The summed E-state index contributed by atoms with van der Waals surface area (Å²) in [7, 11) is 0. The molecule has 1 amide bonds. The van der Waals surface area contributed by atoms with Crippen LogP contribution in [0.3, 0.4) is 0 Å². The first kappa shape index (κ1) is 13.3. The van der Waals surface area contributed by atoms with E-state index in [1.54, 1.807) is 24.3 Å². The fourth-order valence-electron chi connectivity index (χ4n) is 1.66. The number of carbonyl (C=O) groups excluding carboxylic acids is 1. The van der Waals surface area contributed by atoms with Crippen LogP contribution >= 0.6 is 23.8 Å². The Kier molecular flexibility index (Phi) is 4.52. The minimum atomic E-state index is -0.283. The van der Waals surface area contributed by atoms with Crippen LogP contribution < -0.4 is 5.32 Å². The smallest absolute Gasteiger partial charge is 0.283 e. The summed E-state index contributed by atoms with van der Waals surface area (Å²) >= 11 is 11.0. The Hall–Kier alpha value is -1.17. The van der Waals surface area contributed by atoms with Gasteiger partial charge in [0.15, 0.2) is 4.99 Å². The lowest BCUT2D eigenvalue weighted by Gasteiger charge is -2.28. The van der Waals surface area contributed by atoms with Crippen molar-refractivity contribution < 1.29 is 9.53 Å². The van der Waals surface area contributed by atoms with Gasteiger partial charge >= 0.3 is 0 Å². The zero-order valence-electron chi connectivity index (χ0n) is 9.69. The van der Waals surface area contributed by atoms with E-state index in [0.717, 1.165) is 0 Å². The molecule has 0 unspecified atom stereocenters. The maximum atomic E-state index is 11.9. The van der Waals surface area contributed by atoms with Crippen molar-refractivity contribution in [2.45, 2.75) is 0 Å². The first-order valence-corrected chi connectivity index (χ1v) is 6.39. The molecule has 1 aliphatic heterocycles. The van der Waals surface area contributed by atoms with Gasteiger partial charge in [0, 0.05) is 23.8 Å². The Morgan fingerprint density at radius 1 is 1.39 bits per heavy atom. The molecule has 0 aliphatic carbocycles. The summed E-state index contributed by atoms with van der Waals surface area (Å²) in [5.74, 6) is -0.283. The first-order chi connectivity index (χ1) is 8.66. The SMILES string of the molecule is O=C(Nc1cccc(Cl)c1)C(=S)N1CCOCC1. The third kappa shape index (κ3) is 3.41. The minimum Gasteiger partial charge on any atom is -0.378 e.